The van der Waals surface area contributed by atoms with Crippen LogP contribution in [0.2, 0.25) is 0 Å². The summed E-state index contributed by atoms with van der Waals surface area (Å²) in [7, 11) is 0. The van der Waals surface area contributed by atoms with E-state index >= 15 is 0 Å². The number of ether oxygens (including phenoxy) is 4. The lowest BCUT2D eigenvalue weighted by molar-refractivity contribution is -0.229. The van der Waals surface area contributed by atoms with E-state index in [-0.39, 0.29) is 41.9 Å². The van der Waals surface area contributed by atoms with Gasteiger partial charge in [0.25, 0.3) is 0 Å². The number of rotatable bonds is 4. The summed E-state index contributed by atoms with van der Waals surface area (Å²) in [4.78, 5) is 24.8. The van der Waals surface area contributed by atoms with Gasteiger partial charge in [-0.1, -0.05) is 0 Å². The second-order valence-electron chi connectivity index (χ2n) is 11.8. The predicted octanol–water partition coefficient (Wildman–Crippen LogP) is 2.95. The van der Waals surface area contributed by atoms with Crippen LogP contribution < -0.4 is 0 Å². The van der Waals surface area contributed by atoms with Gasteiger partial charge in [-0.3, -0.25) is 4.79 Å². The third-order valence-corrected chi connectivity index (χ3v) is 9.42. The number of hydrogen-bond donors (Lipinski definition) is 1. The van der Waals surface area contributed by atoms with E-state index in [1.165, 1.54) is 6.08 Å². The minimum Gasteiger partial charge on any atom is -0.472 e. The van der Waals surface area contributed by atoms with E-state index in [4.69, 9.17) is 23.4 Å². The maximum absolute atomic E-state index is 13.0. The van der Waals surface area contributed by atoms with Crippen LogP contribution in [0, 0.1) is 16.7 Å². The molecular weight excluding hydrogens is 428 g/mol. The van der Waals surface area contributed by atoms with Gasteiger partial charge in [-0.2, -0.15) is 0 Å². The highest BCUT2D eigenvalue weighted by atomic mass is 16.7. The van der Waals surface area contributed by atoms with Crippen LogP contribution in [-0.2, 0) is 28.5 Å². The molecule has 2 aliphatic carbocycles. The van der Waals surface area contributed by atoms with Crippen LogP contribution in [0.15, 0.2) is 35.2 Å². The summed E-state index contributed by atoms with van der Waals surface area (Å²) in [6.07, 6.45) is 8.71. The molecule has 176 valence electrons. The molecule has 6 aliphatic rings. The average Bonchev–Trinajstić information content (AvgIpc) is 3.21. The van der Waals surface area contributed by atoms with E-state index in [1.807, 2.05) is 26.8 Å². The van der Waals surface area contributed by atoms with E-state index in [2.05, 4.69) is 0 Å². The van der Waals surface area contributed by atoms with Crippen molar-refractivity contribution in [2.75, 3.05) is 0 Å². The third-order valence-electron chi connectivity index (χ3n) is 9.42. The topological polar surface area (TPSA) is 108 Å². The Labute approximate surface area is 191 Å². The van der Waals surface area contributed by atoms with Gasteiger partial charge in [0.1, 0.15) is 17.3 Å². The quantitative estimate of drug-likeness (QED) is 0.544. The number of esters is 2. The van der Waals surface area contributed by atoms with Crippen LogP contribution in [0.25, 0.3) is 0 Å². The Morgan fingerprint density at radius 3 is 2.67 bits per heavy atom. The van der Waals surface area contributed by atoms with E-state index in [9.17, 15) is 14.7 Å². The summed E-state index contributed by atoms with van der Waals surface area (Å²) in [6.45, 7) is 5.69. The fraction of sp³-hybridized carbons (Fsp3) is 0.680. The highest BCUT2D eigenvalue weighted by Crippen LogP contribution is 2.85. The monoisotopic (exact) mass is 456 g/mol. The fourth-order valence-electron chi connectivity index (χ4n) is 7.98. The van der Waals surface area contributed by atoms with Gasteiger partial charge in [-0.25, -0.2) is 4.79 Å². The number of hydrogen-bond acceptors (Lipinski definition) is 8. The molecule has 1 aromatic heterocycles. The molecule has 0 radical (unpaired) electrons. The fourth-order valence-corrected chi connectivity index (χ4v) is 7.98. The summed E-state index contributed by atoms with van der Waals surface area (Å²) in [5, 5.41) is 11.6. The highest BCUT2D eigenvalue weighted by Gasteiger charge is 2.89. The summed E-state index contributed by atoms with van der Waals surface area (Å²) in [6, 6.07) is 1.86. The number of carbonyl (C=O) groups excluding carboxylic acids is 2. The van der Waals surface area contributed by atoms with Crippen molar-refractivity contribution in [3.63, 3.8) is 0 Å². The zero-order chi connectivity index (χ0) is 23.1. The molecule has 4 aliphatic heterocycles. The first-order valence-electron chi connectivity index (χ1n) is 11.7. The number of carbonyl (C=O) groups is 2. The van der Waals surface area contributed by atoms with Crippen molar-refractivity contribution in [3.05, 3.63) is 36.3 Å². The van der Waals surface area contributed by atoms with Crippen molar-refractivity contribution in [3.8, 4) is 0 Å². The smallest absolute Gasteiger partial charge is 0.331 e. The summed E-state index contributed by atoms with van der Waals surface area (Å²) < 4.78 is 29.1. The number of fused-ring (bicyclic) bond motifs is 1. The molecule has 5 fully saturated rings. The number of epoxide rings is 1. The molecule has 0 spiro atoms. The molecule has 1 N–H and O–H groups in total. The van der Waals surface area contributed by atoms with Gasteiger partial charge in [0, 0.05) is 35.8 Å². The highest BCUT2D eigenvalue weighted by molar-refractivity contribution is 5.87. The maximum atomic E-state index is 13.0. The number of cyclic esters (lactones) is 2. The van der Waals surface area contributed by atoms with Crippen molar-refractivity contribution in [2.24, 2.45) is 16.7 Å². The largest absolute Gasteiger partial charge is 0.472 e. The Morgan fingerprint density at radius 2 is 1.97 bits per heavy atom. The minimum absolute atomic E-state index is 0.0494. The number of furan rings is 1. The van der Waals surface area contributed by atoms with Crippen LogP contribution in [0.1, 0.15) is 64.5 Å². The van der Waals surface area contributed by atoms with E-state index in [0.29, 0.717) is 12.8 Å². The molecule has 3 saturated heterocycles. The Morgan fingerprint density at radius 1 is 1.15 bits per heavy atom. The van der Waals surface area contributed by atoms with Crippen molar-refractivity contribution in [1.29, 1.82) is 0 Å². The standard InChI is InChI=1S/C25H28O8/c1-20(2)15(21(3)6-4-17(26)32-21)8-25(28,33-20)13-24-12-23-11-22(23,9-16(24)31-24)18(30-19(23)27)14-5-7-29-10-14/h4-7,10,15-16,18,28H,8-9,11-13H2,1-3H3. The molecule has 0 amide bonds. The van der Waals surface area contributed by atoms with Gasteiger partial charge >= 0.3 is 11.9 Å². The van der Waals surface area contributed by atoms with Gasteiger partial charge < -0.3 is 28.5 Å². The van der Waals surface area contributed by atoms with Crippen LogP contribution >= 0.6 is 0 Å². The lowest BCUT2D eigenvalue weighted by Gasteiger charge is -2.36. The summed E-state index contributed by atoms with van der Waals surface area (Å²) in [5.41, 5.74) is -2.08. The molecule has 33 heavy (non-hydrogen) atoms. The van der Waals surface area contributed by atoms with E-state index in [0.717, 1.165) is 18.4 Å². The van der Waals surface area contributed by atoms with E-state index in [1.54, 1.807) is 18.6 Å². The van der Waals surface area contributed by atoms with Crippen LogP contribution in [0.4, 0.5) is 0 Å². The second-order valence-corrected chi connectivity index (χ2v) is 11.8. The van der Waals surface area contributed by atoms with E-state index < -0.39 is 28.0 Å². The lowest BCUT2D eigenvalue weighted by Crippen LogP contribution is -2.44. The van der Waals surface area contributed by atoms with Gasteiger partial charge in [0.2, 0.25) is 0 Å². The summed E-state index contributed by atoms with van der Waals surface area (Å²) in [5.74, 6) is -2.21. The molecule has 0 aromatic carbocycles. The third kappa shape index (κ3) is 2.42. The lowest BCUT2D eigenvalue weighted by atomic mass is 9.70. The van der Waals surface area contributed by atoms with Gasteiger partial charge in [-0.05, 0) is 52.2 Å². The first-order chi connectivity index (χ1) is 15.5. The van der Waals surface area contributed by atoms with Crippen molar-refractivity contribution in [2.45, 2.75) is 87.7 Å². The SMILES string of the molecule is CC1(C)OC(O)(CC23CC45CC4(CC2O3)C(c2ccoc2)OC5=O)CC1C1(C)C=CC(=O)O1. The van der Waals surface area contributed by atoms with Gasteiger partial charge in [0.05, 0.1) is 29.6 Å². The molecule has 7 rings (SSSR count). The minimum atomic E-state index is -1.44. The zero-order valence-corrected chi connectivity index (χ0v) is 19.0. The Hall–Kier alpha value is -2.16. The van der Waals surface area contributed by atoms with Crippen LogP contribution in [-0.4, -0.2) is 45.7 Å². The average molecular weight is 456 g/mol. The first-order valence-corrected chi connectivity index (χ1v) is 11.7. The predicted molar refractivity (Wildman–Crippen MR) is 110 cm³/mol. The van der Waals surface area contributed by atoms with Crippen molar-refractivity contribution in [1.82, 2.24) is 0 Å². The molecule has 8 atom stereocenters. The molecule has 5 heterocycles. The zero-order valence-electron chi connectivity index (χ0n) is 19.0. The molecule has 0 bridgehead atoms. The Bertz CT molecular complexity index is 1110. The Balaban J connectivity index is 1.14. The van der Waals surface area contributed by atoms with Crippen LogP contribution in [0.3, 0.4) is 0 Å². The van der Waals surface area contributed by atoms with Gasteiger partial charge in [-0.15, -0.1) is 0 Å². The molecule has 8 nitrogen and oxygen atoms in total. The molecule has 2 saturated carbocycles. The first kappa shape index (κ1) is 20.2. The molecular formula is C25H28O8. The normalized spacial score (nSPS) is 52.7. The maximum Gasteiger partial charge on any atom is 0.331 e. The van der Waals surface area contributed by atoms with Crippen molar-refractivity contribution < 1.29 is 38.1 Å². The molecule has 8 heteroatoms. The van der Waals surface area contributed by atoms with Gasteiger partial charge in [0.15, 0.2) is 5.79 Å². The second kappa shape index (κ2) is 5.56. The van der Waals surface area contributed by atoms with Crippen LogP contribution in [0.5, 0.6) is 0 Å². The number of aliphatic hydroxyl groups is 1. The van der Waals surface area contributed by atoms with Crippen molar-refractivity contribution >= 4 is 11.9 Å². The Kier molecular flexibility index (Phi) is 3.41. The molecule has 1 aromatic rings. The summed E-state index contributed by atoms with van der Waals surface area (Å²) >= 11 is 0. The molecule has 8 unspecified atom stereocenters.